The van der Waals surface area contributed by atoms with E-state index >= 15 is 0 Å². The van der Waals surface area contributed by atoms with E-state index in [0.717, 1.165) is 93.7 Å². The van der Waals surface area contributed by atoms with Crippen LogP contribution in [0, 0.1) is 47.3 Å². The molecular weight excluding hydrogens is 575 g/mol. The Morgan fingerprint density at radius 1 is 0.435 bits per heavy atom. The Bertz CT molecular complexity index is 1460. The van der Waals surface area contributed by atoms with Crippen molar-refractivity contribution in [2.45, 2.75) is 111 Å². The molecule has 8 aliphatic rings. The molecule has 8 fully saturated rings. The molecule has 0 amide bonds. The summed E-state index contributed by atoms with van der Waals surface area (Å²) >= 11 is 2.55. The molecule has 3 saturated heterocycles. The Hall–Kier alpha value is -2.03. The summed E-state index contributed by atoms with van der Waals surface area (Å²) in [6.45, 7) is 0. The van der Waals surface area contributed by atoms with E-state index in [-0.39, 0.29) is 0 Å². The molecular formula is C44H51NS. The van der Waals surface area contributed by atoms with Gasteiger partial charge in [-0.2, -0.15) is 11.8 Å². The van der Waals surface area contributed by atoms with E-state index < -0.39 is 0 Å². The van der Waals surface area contributed by atoms with Crippen LogP contribution in [0.25, 0.3) is 0 Å². The van der Waals surface area contributed by atoms with Crippen molar-refractivity contribution in [1.82, 2.24) is 4.90 Å². The highest BCUT2D eigenvalue weighted by Gasteiger charge is 2.70. The lowest BCUT2D eigenvalue weighted by atomic mass is 9.43. The van der Waals surface area contributed by atoms with Crippen LogP contribution in [0.1, 0.15) is 98.7 Å². The molecule has 14 unspecified atom stereocenters. The van der Waals surface area contributed by atoms with E-state index in [4.69, 9.17) is 0 Å². The summed E-state index contributed by atoms with van der Waals surface area (Å²) in [5.74, 6) is 9.56. The average molecular weight is 626 g/mol. The van der Waals surface area contributed by atoms with Crippen molar-refractivity contribution in [2.75, 3.05) is 0 Å². The average Bonchev–Trinajstić information content (AvgIpc) is 3.13. The monoisotopic (exact) mass is 625 g/mol. The molecule has 3 aliphatic heterocycles. The van der Waals surface area contributed by atoms with E-state index in [1.165, 1.54) is 64.2 Å². The van der Waals surface area contributed by atoms with E-state index in [9.17, 15) is 0 Å². The van der Waals surface area contributed by atoms with Crippen LogP contribution in [-0.2, 0) is 0 Å². The molecule has 5 saturated carbocycles. The van der Waals surface area contributed by atoms with Gasteiger partial charge >= 0.3 is 0 Å². The number of rotatable bonds is 3. The third-order valence-corrected chi connectivity index (χ3v) is 17.5. The van der Waals surface area contributed by atoms with Crippen LogP contribution in [0.2, 0.25) is 0 Å². The normalized spacial score (nSPS) is 48.3. The maximum atomic E-state index is 3.46. The molecule has 0 aromatic heterocycles. The van der Waals surface area contributed by atoms with Gasteiger partial charge in [-0.25, -0.2) is 0 Å². The van der Waals surface area contributed by atoms with Gasteiger partial charge in [0.2, 0.25) is 0 Å². The standard InChI is InChI=1S/C44H51NS/c1-4-12-26(13-5-1)29-22-36-32-20-10-18-30-34(27-14-6-2-7-15-27)24-38-43(40(30)32)45-42(36)37(23-29)33-21-11-19-31-35(28-16-8-3-9-17-28)25-39(46-38)44(45)41(31)33/h1-9,12-17,29-44H,10-11,18-25H2. The van der Waals surface area contributed by atoms with E-state index in [2.05, 4.69) is 108 Å². The van der Waals surface area contributed by atoms with Crippen molar-refractivity contribution < 1.29 is 0 Å². The van der Waals surface area contributed by atoms with Crippen molar-refractivity contribution in [1.29, 1.82) is 0 Å². The highest BCUT2D eigenvalue weighted by atomic mass is 32.2. The highest BCUT2D eigenvalue weighted by molar-refractivity contribution is 8.00. The SMILES string of the molecule is c1ccc(C2CC3C4CCCC5C(c6ccccc6)CC6SC7CC(c8ccccc8)C8CCCC9C(C2)C3N(C6C54)C7C89)cc1. The van der Waals surface area contributed by atoms with E-state index in [0.29, 0.717) is 0 Å². The Morgan fingerprint density at radius 3 is 1.35 bits per heavy atom. The number of fused-ring (bicyclic) bond motifs is 2. The van der Waals surface area contributed by atoms with Crippen LogP contribution in [0.3, 0.4) is 0 Å². The van der Waals surface area contributed by atoms with Gasteiger partial charge in [0.15, 0.2) is 0 Å². The summed E-state index contributed by atoms with van der Waals surface area (Å²) in [6, 6.07) is 38.3. The summed E-state index contributed by atoms with van der Waals surface area (Å²) in [7, 11) is 0. The van der Waals surface area contributed by atoms with E-state index in [1.54, 1.807) is 16.7 Å². The first-order valence-electron chi connectivity index (χ1n) is 19.4. The zero-order valence-electron chi connectivity index (χ0n) is 27.3. The number of piperidine rings is 2. The second-order valence-corrected chi connectivity index (χ2v) is 18.7. The fourth-order valence-corrected chi connectivity index (χ4v) is 16.9. The van der Waals surface area contributed by atoms with E-state index in [1.807, 2.05) is 0 Å². The van der Waals surface area contributed by atoms with Crippen LogP contribution in [0.15, 0.2) is 91.0 Å². The zero-order chi connectivity index (χ0) is 29.9. The van der Waals surface area contributed by atoms with Crippen LogP contribution >= 0.6 is 11.8 Å². The first kappa shape index (κ1) is 27.9. The number of hydrogen-bond donors (Lipinski definition) is 0. The molecule has 3 heterocycles. The topological polar surface area (TPSA) is 3.24 Å². The lowest BCUT2D eigenvalue weighted by molar-refractivity contribution is -0.221. The number of hydrogen-bond acceptors (Lipinski definition) is 2. The first-order chi connectivity index (χ1) is 22.8. The maximum Gasteiger partial charge on any atom is 0.0255 e. The fourth-order valence-electron chi connectivity index (χ4n) is 14.8. The summed E-state index contributed by atoms with van der Waals surface area (Å²) in [5, 5.41) is 1.63. The Labute approximate surface area is 281 Å². The van der Waals surface area contributed by atoms with Gasteiger partial charge in [-0.1, -0.05) is 104 Å². The number of thioether (sulfide) groups is 1. The second kappa shape index (κ2) is 10.7. The van der Waals surface area contributed by atoms with Crippen LogP contribution in [-0.4, -0.2) is 33.5 Å². The minimum atomic E-state index is 0.758. The second-order valence-electron chi connectivity index (χ2n) is 17.2. The van der Waals surface area contributed by atoms with Gasteiger partial charge in [0.1, 0.15) is 0 Å². The molecule has 46 heavy (non-hydrogen) atoms. The summed E-state index contributed by atoms with van der Waals surface area (Å²) in [5.41, 5.74) is 4.99. The van der Waals surface area contributed by atoms with Crippen molar-refractivity contribution >= 4 is 11.8 Å². The van der Waals surface area contributed by atoms with Gasteiger partial charge in [-0.3, -0.25) is 4.90 Å². The predicted molar refractivity (Wildman–Crippen MR) is 190 cm³/mol. The molecule has 238 valence electrons. The highest BCUT2D eigenvalue weighted by Crippen LogP contribution is 2.71. The Kier molecular flexibility index (Phi) is 6.50. The molecule has 5 aliphatic carbocycles. The molecule has 3 aromatic rings. The lowest BCUT2D eigenvalue weighted by Crippen LogP contribution is -2.80. The van der Waals surface area contributed by atoms with Crippen LogP contribution in [0.5, 0.6) is 0 Å². The van der Waals surface area contributed by atoms with Crippen molar-refractivity contribution in [3.8, 4) is 0 Å². The number of benzene rings is 3. The third-order valence-electron chi connectivity index (χ3n) is 15.9. The van der Waals surface area contributed by atoms with Gasteiger partial charge < -0.3 is 0 Å². The maximum absolute atomic E-state index is 3.46. The molecule has 1 nitrogen and oxygen atoms in total. The number of nitrogens with zero attached hydrogens (tertiary/aromatic N) is 1. The summed E-state index contributed by atoms with van der Waals surface area (Å²) in [4.78, 5) is 3.46. The molecule has 0 bridgehead atoms. The molecule has 0 spiro atoms. The molecule has 14 atom stereocenters. The third kappa shape index (κ3) is 3.93. The Balaban J connectivity index is 1.08. The van der Waals surface area contributed by atoms with Gasteiger partial charge in [-0.15, -0.1) is 0 Å². The van der Waals surface area contributed by atoms with Crippen molar-refractivity contribution in [3.05, 3.63) is 108 Å². The molecule has 3 aromatic carbocycles. The smallest absolute Gasteiger partial charge is 0.0255 e. The first-order valence-corrected chi connectivity index (χ1v) is 20.4. The predicted octanol–water partition coefficient (Wildman–Crippen LogP) is 10.2. The van der Waals surface area contributed by atoms with Gasteiger partial charge in [0, 0.05) is 28.6 Å². The molecule has 0 N–H and O–H groups in total. The molecule has 2 heteroatoms. The molecule has 0 radical (unpaired) electrons. The molecule has 11 rings (SSSR count). The van der Waals surface area contributed by atoms with Crippen LogP contribution in [0.4, 0.5) is 0 Å². The minimum absolute atomic E-state index is 0.758. The van der Waals surface area contributed by atoms with Gasteiger partial charge in [0.05, 0.1) is 0 Å². The zero-order valence-corrected chi connectivity index (χ0v) is 28.1. The summed E-state index contributed by atoms with van der Waals surface area (Å²) in [6.07, 6.45) is 14.7. The lowest BCUT2D eigenvalue weighted by Gasteiger charge is -2.76. The van der Waals surface area contributed by atoms with Gasteiger partial charge in [-0.05, 0) is 133 Å². The summed E-state index contributed by atoms with van der Waals surface area (Å²) < 4.78 is 0. The van der Waals surface area contributed by atoms with Crippen molar-refractivity contribution in [3.63, 3.8) is 0 Å². The van der Waals surface area contributed by atoms with Gasteiger partial charge in [0.25, 0.3) is 0 Å². The van der Waals surface area contributed by atoms with Crippen molar-refractivity contribution in [2.24, 2.45) is 47.3 Å². The quantitative estimate of drug-likeness (QED) is 0.285. The fraction of sp³-hybridized carbons (Fsp3) is 0.591. The Morgan fingerprint density at radius 2 is 0.870 bits per heavy atom. The van der Waals surface area contributed by atoms with Crippen LogP contribution < -0.4 is 0 Å². The minimum Gasteiger partial charge on any atom is -0.291 e. The largest absolute Gasteiger partial charge is 0.291 e.